The summed E-state index contributed by atoms with van der Waals surface area (Å²) in [6.07, 6.45) is 3.20. The van der Waals surface area contributed by atoms with E-state index in [0.29, 0.717) is 18.7 Å². The molecule has 0 radical (unpaired) electrons. The molecule has 2 aliphatic heterocycles. The summed E-state index contributed by atoms with van der Waals surface area (Å²) < 4.78 is 1.21. The summed E-state index contributed by atoms with van der Waals surface area (Å²) in [6.45, 7) is 4.29. The van der Waals surface area contributed by atoms with E-state index in [4.69, 9.17) is 0 Å². The van der Waals surface area contributed by atoms with E-state index in [2.05, 4.69) is 15.3 Å². The zero-order chi connectivity index (χ0) is 20.9. The van der Waals surface area contributed by atoms with Crippen LogP contribution in [0.1, 0.15) is 23.2 Å². The molecule has 0 spiro atoms. The highest BCUT2D eigenvalue weighted by Crippen LogP contribution is 2.21. The Labute approximate surface area is 175 Å². The molecular formula is C22H27N5O3. The number of ketones is 1. The molecular weight excluding hydrogens is 382 g/mol. The predicted molar refractivity (Wildman–Crippen MR) is 114 cm³/mol. The quantitative estimate of drug-likeness (QED) is 0.735. The van der Waals surface area contributed by atoms with Gasteiger partial charge in [-0.15, -0.1) is 0 Å². The zero-order valence-corrected chi connectivity index (χ0v) is 17.0. The van der Waals surface area contributed by atoms with Gasteiger partial charge in [0.25, 0.3) is 5.56 Å². The molecule has 8 nitrogen and oxygen atoms in total. The number of nitrogens with one attached hydrogen (secondary N) is 1. The lowest BCUT2D eigenvalue weighted by atomic mass is 9.90. The lowest BCUT2D eigenvalue weighted by Gasteiger charge is -2.32. The van der Waals surface area contributed by atoms with Crippen LogP contribution in [0.2, 0.25) is 0 Å². The summed E-state index contributed by atoms with van der Waals surface area (Å²) >= 11 is 0. The van der Waals surface area contributed by atoms with E-state index in [1.807, 2.05) is 30.3 Å². The van der Waals surface area contributed by atoms with Crippen molar-refractivity contribution in [1.82, 2.24) is 20.0 Å². The van der Waals surface area contributed by atoms with Crippen LogP contribution in [0.25, 0.3) is 0 Å². The summed E-state index contributed by atoms with van der Waals surface area (Å²) in [6, 6.07) is 10.7. The molecule has 3 heterocycles. The van der Waals surface area contributed by atoms with Crippen LogP contribution in [-0.4, -0.2) is 65.6 Å². The molecule has 0 saturated carbocycles. The summed E-state index contributed by atoms with van der Waals surface area (Å²) in [5.41, 5.74) is 1.18. The number of benzene rings is 1. The largest absolute Gasteiger partial charge is 0.368 e. The molecule has 0 bridgehead atoms. The van der Waals surface area contributed by atoms with Crippen LogP contribution >= 0.6 is 0 Å². The van der Waals surface area contributed by atoms with Gasteiger partial charge in [0, 0.05) is 56.8 Å². The summed E-state index contributed by atoms with van der Waals surface area (Å²) in [4.78, 5) is 41.9. The number of anilines is 1. The summed E-state index contributed by atoms with van der Waals surface area (Å²) in [5.74, 6) is -0.307. The number of aromatic nitrogens is 2. The smallest absolute Gasteiger partial charge is 0.269 e. The molecule has 1 aromatic heterocycles. The summed E-state index contributed by atoms with van der Waals surface area (Å²) in [5, 5.41) is 7.49. The van der Waals surface area contributed by atoms with Crippen molar-refractivity contribution in [3.05, 3.63) is 58.5 Å². The minimum Gasteiger partial charge on any atom is -0.368 e. The van der Waals surface area contributed by atoms with Crippen LogP contribution in [-0.2, 0) is 11.3 Å². The van der Waals surface area contributed by atoms with Crippen molar-refractivity contribution in [3.8, 4) is 0 Å². The van der Waals surface area contributed by atoms with Crippen molar-refractivity contribution in [3.63, 3.8) is 0 Å². The third-order valence-corrected chi connectivity index (χ3v) is 5.83. The first-order valence-electron chi connectivity index (χ1n) is 10.5. The topological polar surface area (TPSA) is 87.5 Å². The number of likely N-dealkylation sites (tertiary alicyclic amines) is 1. The number of rotatable bonds is 5. The number of amides is 1. The lowest BCUT2D eigenvalue weighted by Crippen LogP contribution is -2.45. The van der Waals surface area contributed by atoms with Gasteiger partial charge < -0.3 is 15.1 Å². The predicted octanol–water partition coefficient (Wildman–Crippen LogP) is 0.774. The molecule has 4 rings (SSSR count). The first-order valence-corrected chi connectivity index (χ1v) is 10.5. The Balaban J connectivity index is 1.39. The van der Waals surface area contributed by atoms with Crippen LogP contribution in [0.5, 0.6) is 0 Å². The molecule has 8 heteroatoms. The monoisotopic (exact) mass is 409 g/mol. The Hall–Kier alpha value is -3.00. The van der Waals surface area contributed by atoms with Gasteiger partial charge in [-0.1, -0.05) is 30.3 Å². The fraction of sp³-hybridized carbons (Fsp3) is 0.455. The molecule has 1 amide bonds. The van der Waals surface area contributed by atoms with Gasteiger partial charge in [-0.25, -0.2) is 4.68 Å². The number of piperidine rings is 1. The molecule has 2 aliphatic rings. The average Bonchev–Trinajstić information content (AvgIpc) is 2.81. The minimum absolute atomic E-state index is 0.0729. The molecule has 1 aromatic carbocycles. The molecule has 2 fully saturated rings. The second-order valence-electron chi connectivity index (χ2n) is 7.86. The van der Waals surface area contributed by atoms with Gasteiger partial charge in [-0.3, -0.25) is 14.4 Å². The molecule has 1 N–H and O–H groups in total. The third-order valence-electron chi connectivity index (χ3n) is 5.83. The van der Waals surface area contributed by atoms with Crippen LogP contribution in [0.4, 0.5) is 5.69 Å². The Kier molecular flexibility index (Phi) is 6.23. The van der Waals surface area contributed by atoms with E-state index in [9.17, 15) is 14.4 Å². The van der Waals surface area contributed by atoms with E-state index in [1.165, 1.54) is 4.68 Å². The van der Waals surface area contributed by atoms with Crippen LogP contribution in [0, 0.1) is 5.92 Å². The third kappa shape index (κ3) is 4.59. The molecule has 1 atom stereocenters. The van der Waals surface area contributed by atoms with Gasteiger partial charge in [0.1, 0.15) is 6.54 Å². The first-order chi connectivity index (χ1) is 14.6. The first kappa shape index (κ1) is 20.3. The van der Waals surface area contributed by atoms with Gasteiger partial charge in [0.05, 0.1) is 11.9 Å². The maximum atomic E-state index is 12.8. The molecule has 2 saturated heterocycles. The fourth-order valence-electron chi connectivity index (χ4n) is 4.12. The van der Waals surface area contributed by atoms with Gasteiger partial charge in [-0.2, -0.15) is 5.10 Å². The van der Waals surface area contributed by atoms with E-state index < -0.39 is 0 Å². The maximum Gasteiger partial charge on any atom is 0.269 e. The van der Waals surface area contributed by atoms with Crippen molar-refractivity contribution >= 4 is 17.4 Å². The van der Waals surface area contributed by atoms with Gasteiger partial charge >= 0.3 is 0 Å². The van der Waals surface area contributed by atoms with Crippen molar-refractivity contribution in [1.29, 1.82) is 0 Å². The number of nitrogens with zero attached hydrogens (tertiary/aromatic N) is 4. The van der Waals surface area contributed by atoms with E-state index in [1.54, 1.807) is 17.2 Å². The van der Waals surface area contributed by atoms with E-state index >= 15 is 0 Å². The Morgan fingerprint density at radius 3 is 2.60 bits per heavy atom. The number of hydrogen-bond acceptors (Lipinski definition) is 6. The second-order valence-corrected chi connectivity index (χ2v) is 7.86. The van der Waals surface area contributed by atoms with Crippen LogP contribution in [0.3, 0.4) is 0 Å². The van der Waals surface area contributed by atoms with Gasteiger partial charge in [-0.05, 0) is 12.8 Å². The number of carbonyl (C=O) groups is 2. The van der Waals surface area contributed by atoms with Crippen LogP contribution < -0.4 is 15.8 Å². The number of piperazine rings is 1. The SMILES string of the molecule is O=C(c1ccccc1)C1CCCN(C(=O)Cn2ncc(N3CCNCC3)cc2=O)C1. The van der Waals surface area contributed by atoms with E-state index in [-0.39, 0.29) is 29.7 Å². The van der Waals surface area contributed by atoms with Crippen molar-refractivity contribution < 1.29 is 9.59 Å². The molecule has 1 unspecified atom stereocenters. The molecule has 2 aromatic rings. The lowest BCUT2D eigenvalue weighted by molar-refractivity contribution is -0.133. The normalized spacial score (nSPS) is 19.5. The highest BCUT2D eigenvalue weighted by atomic mass is 16.2. The number of hydrogen-bond donors (Lipinski definition) is 1. The minimum atomic E-state index is -0.284. The van der Waals surface area contributed by atoms with Gasteiger partial charge in [0.2, 0.25) is 5.91 Å². The maximum absolute atomic E-state index is 12.8. The van der Waals surface area contributed by atoms with Crippen molar-refractivity contribution in [2.75, 3.05) is 44.2 Å². The van der Waals surface area contributed by atoms with E-state index in [0.717, 1.165) is 44.7 Å². The molecule has 30 heavy (non-hydrogen) atoms. The zero-order valence-electron chi connectivity index (χ0n) is 17.0. The highest BCUT2D eigenvalue weighted by molar-refractivity contribution is 5.98. The Bertz CT molecular complexity index is 953. The van der Waals surface area contributed by atoms with Gasteiger partial charge in [0.15, 0.2) is 5.78 Å². The van der Waals surface area contributed by atoms with Crippen LogP contribution in [0.15, 0.2) is 47.4 Å². The molecule has 158 valence electrons. The Morgan fingerprint density at radius 2 is 1.87 bits per heavy atom. The second kappa shape index (κ2) is 9.21. The average molecular weight is 409 g/mol. The molecule has 0 aliphatic carbocycles. The highest BCUT2D eigenvalue weighted by Gasteiger charge is 2.29. The number of carbonyl (C=O) groups excluding carboxylic acids is 2. The standard InChI is InChI=1S/C22H27N5O3/c28-20-13-19(25-11-8-23-9-12-25)14-24-27(20)16-21(29)26-10-4-7-18(15-26)22(30)17-5-2-1-3-6-17/h1-3,5-6,13-14,18,23H,4,7-12,15-16H2. The van der Waals surface area contributed by atoms with Crippen molar-refractivity contribution in [2.24, 2.45) is 5.92 Å². The number of Topliss-reactive ketones (excluding diaryl/α,β-unsaturated/α-hetero) is 1. The Morgan fingerprint density at radius 1 is 1.10 bits per heavy atom. The fourth-order valence-corrected chi connectivity index (χ4v) is 4.12. The van der Waals surface area contributed by atoms with Crippen molar-refractivity contribution in [2.45, 2.75) is 19.4 Å². The summed E-state index contributed by atoms with van der Waals surface area (Å²) in [7, 11) is 0.